The number of nitrogens with one attached hydrogen (secondary N) is 1. The van der Waals surface area contributed by atoms with Gasteiger partial charge in [0.2, 0.25) is 5.91 Å². The molecule has 1 amide bonds. The fourth-order valence-electron chi connectivity index (χ4n) is 2.50. The van der Waals surface area contributed by atoms with Crippen LogP contribution in [0.15, 0.2) is 0 Å². The lowest BCUT2D eigenvalue weighted by Crippen LogP contribution is -2.50. The van der Waals surface area contributed by atoms with E-state index >= 15 is 0 Å². The van der Waals surface area contributed by atoms with Crippen molar-refractivity contribution >= 4 is 23.6 Å². The van der Waals surface area contributed by atoms with E-state index in [1.165, 1.54) is 0 Å². The maximum absolute atomic E-state index is 12.3. The van der Waals surface area contributed by atoms with Crippen molar-refractivity contribution in [2.24, 2.45) is 0 Å². The van der Waals surface area contributed by atoms with Crippen LogP contribution in [0.2, 0.25) is 0 Å². The first-order valence-corrected chi connectivity index (χ1v) is 7.17. The Morgan fingerprint density at radius 3 is 2.59 bits per heavy atom. The highest BCUT2D eigenvalue weighted by molar-refractivity contribution is 7.99. The fourth-order valence-corrected chi connectivity index (χ4v) is 3.44. The fraction of sp³-hybridized carbons (Fsp3) is 0.818. The molecule has 0 aromatic heterocycles. The quantitative estimate of drug-likeness (QED) is 0.768. The molecule has 1 saturated heterocycles. The lowest BCUT2D eigenvalue weighted by Gasteiger charge is -2.29. The second kappa shape index (κ2) is 5.73. The number of carbonyl (C=O) groups excluding carboxylic acids is 1. The van der Waals surface area contributed by atoms with Gasteiger partial charge in [-0.3, -0.25) is 14.9 Å². The molecule has 0 radical (unpaired) electrons. The highest BCUT2D eigenvalue weighted by Gasteiger charge is 2.33. The zero-order valence-electron chi connectivity index (χ0n) is 9.72. The Morgan fingerprint density at radius 1 is 1.35 bits per heavy atom. The summed E-state index contributed by atoms with van der Waals surface area (Å²) in [4.78, 5) is 24.7. The van der Waals surface area contributed by atoms with Crippen molar-refractivity contribution in [3.8, 4) is 0 Å². The van der Waals surface area contributed by atoms with Crippen LogP contribution in [0.25, 0.3) is 0 Å². The number of nitrogens with zero attached hydrogens (tertiary/aromatic N) is 1. The average Bonchev–Trinajstić information content (AvgIpc) is 2.96. The Morgan fingerprint density at radius 2 is 2.06 bits per heavy atom. The maximum atomic E-state index is 12.3. The van der Waals surface area contributed by atoms with Crippen molar-refractivity contribution in [3.05, 3.63) is 0 Å². The summed E-state index contributed by atoms with van der Waals surface area (Å²) in [7, 11) is 0. The number of rotatable bonds is 4. The van der Waals surface area contributed by atoms with Crippen LogP contribution in [-0.4, -0.2) is 52.1 Å². The van der Waals surface area contributed by atoms with Crippen LogP contribution in [0.1, 0.15) is 25.7 Å². The van der Waals surface area contributed by atoms with Gasteiger partial charge in [-0.1, -0.05) is 12.8 Å². The summed E-state index contributed by atoms with van der Waals surface area (Å²) >= 11 is 1.68. The van der Waals surface area contributed by atoms with Crippen LogP contribution in [0.5, 0.6) is 0 Å². The van der Waals surface area contributed by atoms with Crippen LogP contribution < -0.4 is 5.32 Å². The first-order chi connectivity index (χ1) is 8.18. The first kappa shape index (κ1) is 12.7. The molecule has 17 heavy (non-hydrogen) atoms. The molecule has 6 heteroatoms. The number of hydrogen-bond acceptors (Lipinski definition) is 4. The van der Waals surface area contributed by atoms with E-state index in [1.54, 1.807) is 16.7 Å². The zero-order chi connectivity index (χ0) is 12.3. The molecule has 5 nitrogen and oxygen atoms in total. The third-order valence-corrected chi connectivity index (χ3v) is 4.31. The predicted molar refractivity (Wildman–Crippen MR) is 65.9 cm³/mol. The van der Waals surface area contributed by atoms with Gasteiger partial charge in [0.1, 0.15) is 6.54 Å². The number of amides is 1. The molecule has 0 spiro atoms. The van der Waals surface area contributed by atoms with E-state index in [4.69, 9.17) is 5.11 Å². The zero-order valence-corrected chi connectivity index (χ0v) is 10.5. The number of carbonyl (C=O) groups is 2. The summed E-state index contributed by atoms with van der Waals surface area (Å²) in [6.07, 6.45) is 4.08. The van der Waals surface area contributed by atoms with Crippen LogP contribution in [0.4, 0.5) is 0 Å². The molecule has 2 aliphatic rings. The number of thioether (sulfide) groups is 1. The minimum absolute atomic E-state index is 0.0377. The molecule has 0 aromatic carbocycles. The van der Waals surface area contributed by atoms with Gasteiger partial charge in [-0.15, -0.1) is 11.8 Å². The van der Waals surface area contributed by atoms with Gasteiger partial charge < -0.3 is 10.0 Å². The van der Waals surface area contributed by atoms with E-state index in [2.05, 4.69) is 5.32 Å². The minimum Gasteiger partial charge on any atom is -0.480 e. The molecule has 1 atom stereocenters. The van der Waals surface area contributed by atoms with Crippen LogP contribution in [0.3, 0.4) is 0 Å². The van der Waals surface area contributed by atoms with Gasteiger partial charge in [0.25, 0.3) is 0 Å². The lowest BCUT2D eigenvalue weighted by atomic mass is 10.1. The van der Waals surface area contributed by atoms with Gasteiger partial charge in [0, 0.05) is 17.7 Å². The maximum Gasteiger partial charge on any atom is 0.323 e. The summed E-state index contributed by atoms with van der Waals surface area (Å²) in [6, 6.07) is -0.0639. The molecule has 2 N–H and O–H groups in total. The molecule has 1 saturated carbocycles. The molecule has 0 bridgehead atoms. The molecule has 0 aromatic rings. The summed E-state index contributed by atoms with van der Waals surface area (Å²) in [5.41, 5.74) is 0. The lowest BCUT2D eigenvalue weighted by molar-refractivity contribution is -0.146. The Hall–Kier alpha value is -0.750. The van der Waals surface area contributed by atoms with Gasteiger partial charge in [0.15, 0.2) is 0 Å². The molecular formula is C11H18N2O3S. The van der Waals surface area contributed by atoms with E-state index in [-0.39, 0.29) is 24.5 Å². The van der Waals surface area contributed by atoms with Crippen LogP contribution in [0, 0.1) is 0 Å². The van der Waals surface area contributed by atoms with E-state index < -0.39 is 5.97 Å². The Kier molecular flexibility index (Phi) is 4.28. The van der Waals surface area contributed by atoms with E-state index in [9.17, 15) is 9.59 Å². The summed E-state index contributed by atoms with van der Waals surface area (Å²) < 4.78 is 0. The van der Waals surface area contributed by atoms with Crippen LogP contribution >= 0.6 is 11.8 Å². The highest BCUT2D eigenvalue weighted by Crippen LogP contribution is 2.25. The Labute approximate surface area is 105 Å². The SMILES string of the molecule is O=C(O)CN(C(=O)C1CSCN1)C1CCCC1. The largest absolute Gasteiger partial charge is 0.480 e. The van der Waals surface area contributed by atoms with Gasteiger partial charge in [-0.25, -0.2) is 0 Å². The van der Waals surface area contributed by atoms with Gasteiger partial charge >= 0.3 is 5.97 Å². The molecule has 1 unspecified atom stereocenters. The second-order valence-corrected chi connectivity index (χ2v) is 5.60. The third-order valence-electron chi connectivity index (χ3n) is 3.37. The molecule has 1 aliphatic carbocycles. The van der Waals surface area contributed by atoms with Crippen molar-refractivity contribution in [2.45, 2.75) is 37.8 Å². The molecule has 96 valence electrons. The van der Waals surface area contributed by atoms with Crippen molar-refractivity contribution in [1.29, 1.82) is 0 Å². The van der Waals surface area contributed by atoms with Crippen LogP contribution in [-0.2, 0) is 9.59 Å². The van der Waals surface area contributed by atoms with Crippen molar-refractivity contribution in [3.63, 3.8) is 0 Å². The van der Waals surface area contributed by atoms with Gasteiger partial charge in [0.05, 0.1) is 6.04 Å². The third kappa shape index (κ3) is 3.13. The van der Waals surface area contributed by atoms with E-state index in [0.717, 1.165) is 37.3 Å². The Balaban J connectivity index is 2.02. The molecular weight excluding hydrogens is 240 g/mol. The predicted octanol–water partition coefficient (Wildman–Crippen LogP) is 0.505. The second-order valence-electron chi connectivity index (χ2n) is 4.57. The minimum atomic E-state index is -0.920. The van der Waals surface area contributed by atoms with Gasteiger partial charge in [-0.2, -0.15) is 0 Å². The van der Waals surface area contributed by atoms with E-state index in [1.807, 2.05) is 0 Å². The standard InChI is InChI=1S/C11H18N2O3S/c14-10(15)5-13(8-3-1-2-4-8)11(16)9-6-17-7-12-9/h8-9,12H,1-7H2,(H,14,15). The summed E-state index contributed by atoms with van der Waals surface area (Å²) in [5.74, 6) is 0.573. The molecule has 2 fully saturated rings. The van der Waals surface area contributed by atoms with Crippen molar-refractivity contribution in [1.82, 2.24) is 10.2 Å². The summed E-state index contributed by atoms with van der Waals surface area (Å²) in [6.45, 7) is -0.160. The van der Waals surface area contributed by atoms with Crippen molar-refractivity contribution < 1.29 is 14.7 Å². The first-order valence-electron chi connectivity index (χ1n) is 6.02. The Bertz CT molecular complexity index is 299. The molecule has 1 aliphatic heterocycles. The molecule has 2 rings (SSSR count). The number of carboxylic acid groups (broad SMARTS) is 1. The normalized spacial score (nSPS) is 25.1. The average molecular weight is 258 g/mol. The van der Waals surface area contributed by atoms with Gasteiger partial charge in [-0.05, 0) is 12.8 Å². The monoisotopic (exact) mass is 258 g/mol. The number of aliphatic carboxylic acids is 1. The molecule has 1 heterocycles. The number of hydrogen-bond donors (Lipinski definition) is 2. The smallest absolute Gasteiger partial charge is 0.323 e. The topological polar surface area (TPSA) is 69.6 Å². The summed E-state index contributed by atoms with van der Waals surface area (Å²) in [5, 5.41) is 12.0. The number of carboxylic acids is 1. The highest BCUT2D eigenvalue weighted by atomic mass is 32.2. The van der Waals surface area contributed by atoms with E-state index in [0.29, 0.717) is 0 Å². The van der Waals surface area contributed by atoms with Crippen molar-refractivity contribution in [2.75, 3.05) is 18.2 Å².